The lowest BCUT2D eigenvalue weighted by Gasteiger charge is -2.13. The van der Waals surface area contributed by atoms with Crippen LogP contribution in [0.3, 0.4) is 0 Å². The van der Waals surface area contributed by atoms with Crippen molar-refractivity contribution in [3.63, 3.8) is 0 Å². The van der Waals surface area contributed by atoms with Crippen LogP contribution in [0.2, 0.25) is 0 Å². The summed E-state index contributed by atoms with van der Waals surface area (Å²) in [6, 6.07) is 3.79. The Balaban J connectivity index is 2.66. The molecular formula is C11H14FNO4. The second kappa shape index (κ2) is 6.05. The van der Waals surface area contributed by atoms with Gasteiger partial charge in [-0.1, -0.05) is 0 Å². The predicted molar refractivity (Wildman–Crippen MR) is 58.7 cm³/mol. The van der Waals surface area contributed by atoms with E-state index in [1.807, 2.05) is 0 Å². The third-order valence-electron chi connectivity index (χ3n) is 1.93. The van der Waals surface area contributed by atoms with Crippen molar-refractivity contribution in [3.05, 3.63) is 24.0 Å². The highest BCUT2D eigenvalue weighted by atomic mass is 19.1. The summed E-state index contributed by atoms with van der Waals surface area (Å²) >= 11 is 0. The van der Waals surface area contributed by atoms with Gasteiger partial charge in [-0.2, -0.15) is 0 Å². The first-order valence-corrected chi connectivity index (χ1v) is 5.05. The Bertz CT molecular complexity index is 395. The molecular weight excluding hydrogens is 229 g/mol. The van der Waals surface area contributed by atoms with E-state index < -0.39 is 11.8 Å². The van der Waals surface area contributed by atoms with Crippen molar-refractivity contribution in [1.29, 1.82) is 0 Å². The molecule has 5 nitrogen and oxygen atoms in total. The number of ether oxygens (including phenoxy) is 2. The van der Waals surface area contributed by atoms with Crippen molar-refractivity contribution >= 4 is 11.7 Å². The fourth-order valence-corrected chi connectivity index (χ4v) is 1.18. The average molecular weight is 243 g/mol. The highest BCUT2D eigenvalue weighted by Crippen LogP contribution is 2.23. The van der Waals surface area contributed by atoms with E-state index in [9.17, 15) is 9.18 Å². The highest BCUT2D eigenvalue weighted by Gasteiger charge is 2.09. The molecule has 0 fully saturated rings. The number of hydrogen-bond acceptors (Lipinski definition) is 5. The molecule has 17 heavy (non-hydrogen) atoms. The average Bonchev–Trinajstić information content (AvgIpc) is 2.28. The zero-order chi connectivity index (χ0) is 12.8. The number of esters is 1. The molecule has 0 saturated heterocycles. The van der Waals surface area contributed by atoms with E-state index in [1.54, 1.807) is 6.92 Å². The van der Waals surface area contributed by atoms with Gasteiger partial charge in [0.1, 0.15) is 17.3 Å². The second-order valence-electron chi connectivity index (χ2n) is 3.23. The molecule has 6 heteroatoms. The van der Waals surface area contributed by atoms with E-state index in [0.717, 1.165) is 6.07 Å². The van der Waals surface area contributed by atoms with Gasteiger partial charge in [-0.15, -0.1) is 0 Å². The number of halogens is 1. The van der Waals surface area contributed by atoms with Gasteiger partial charge in [-0.3, -0.25) is 10.3 Å². The van der Waals surface area contributed by atoms with Crippen molar-refractivity contribution in [2.24, 2.45) is 0 Å². The molecule has 0 heterocycles. The summed E-state index contributed by atoms with van der Waals surface area (Å²) in [6.45, 7) is 1.71. The molecule has 1 rings (SSSR count). The number of anilines is 1. The number of rotatable bonds is 5. The molecule has 0 aromatic heterocycles. The Kier molecular flexibility index (Phi) is 4.71. The topological polar surface area (TPSA) is 59.0 Å². The molecule has 1 aromatic carbocycles. The highest BCUT2D eigenvalue weighted by molar-refractivity contribution is 5.71. The smallest absolute Gasteiger partial charge is 0.344 e. The van der Waals surface area contributed by atoms with E-state index in [2.05, 4.69) is 4.74 Å². The molecule has 0 bridgehead atoms. The number of carbonyl (C=O) groups is 1. The van der Waals surface area contributed by atoms with Crippen LogP contribution in [0.4, 0.5) is 10.1 Å². The first-order chi connectivity index (χ1) is 8.04. The van der Waals surface area contributed by atoms with Gasteiger partial charge in [0, 0.05) is 13.1 Å². The fraction of sp³-hybridized carbons (Fsp3) is 0.364. The maximum atomic E-state index is 13.2. The van der Waals surface area contributed by atoms with E-state index in [-0.39, 0.29) is 24.7 Å². The standard InChI is InChI=1S/C11H14FNO4/c1-3-16-11(14)7-17-8-4-5-9(12)10(6-8)13(2)15/h4-6,15H,3,7H2,1-2H3. The largest absolute Gasteiger partial charge is 0.482 e. The molecule has 94 valence electrons. The second-order valence-corrected chi connectivity index (χ2v) is 3.23. The number of benzene rings is 1. The van der Waals surface area contributed by atoms with Crippen LogP contribution in [0.1, 0.15) is 6.92 Å². The lowest BCUT2D eigenvalue weighted by atomic mass is 10.3. The van der Waals surface area contributed by atoms with Crippen molar-refractivity contribution in [2.45, 2.75) is 6.92 Å². The maximum Gasteiger partial charge on any atom is 0.344 e. The molecule has 0 aliphatic rings. The molecule has 1 aromatic rings. The molecule has 0 aliphatic heterocycles. The lowest BCUT2D eigenvalue weighted by Crippen LogP contribution is -2.15. The third kappa shape index (κ3) is 3.92. The summed E-state index contributed by atoms with van der Waals surface area (Å²) < 4.78 is 22.9. The zero-order valence-electron chi connectivity index (χ0n) is 9.64. The van der Waals surface area contributed by atoms with Gasteiger partial charge >= 0.3 is 5.97 Å². The van der Waals surface area contributed by atoms with Crippen LogP contribution in [0.15, 0.2) is 18.2 Å². The molecule has 0 amide bonds. The fourth-order valence-electron chi connectivity index (χ4n) is 1.18. The SMILES string of the molecule is CCOC(=O)COc1ccc(F)c(N(C)O)c1. The Morgan fingerprint density at radius 2 is 2.24 bits per heavy atom. The van der Waals surface area contributed by atoms with E-state index in [1.165, 1.54) is 19.2 Å². The van der Waals surface area contributed by atoms with Gasteiger partial charge in [0.05, 0.1) is 6.61 Å². The zero-order valence-corrected chi connectivity index (χ0v) is 9.64. The van der Waals surface area contributed by atoms with Gasteiger partial charge < -0.3 is 9.47 Å². The summed E-state index contributed by atoms with van der Waals surface area (Å²) in [6.07, 6.45) is 0. The quantitative estimate of drug-likeness (QED) is 0.628. The van der Waals surface area contributed by atoms with Crippen LogP contribution >= 0.6 is 0 Å². The van der Waals surface area contributed by atoms with Crippen LogP contribution < -0.4 is 9.80 Å². The van der Waals surface area contributed by atoms with Crippen molar-refractivity contribution in [2.75, 3.05) is 25.3 Å². The normalized spacial score (nSPS) is 9.88. The predicted octanol–water partition coefficient (Wildman–Crippen LogP) is 1.59. The van der Waals surface area contributed by atoms with Gasteiger partial charge in [-0.25, -0.2) is 9.18 Å². The maximum absolute atomic E-state index is 13.2. The first-order valence-electron chi connectivity index (χ1n) is 5.05. The molecule has 0 unspecified atom stereocenters. The summed E-state index contributed by atoms with van der Waals surface area (Å²) in [7, 11) is 1.29. The first kappa shape index (κ1) is 13.2. The number of carbonyl (C=O) groups excluding carboxylic acids is 1. The molecule has 0 saturated carbocycles. The Hall–Kier alpha value is -1.82. The van der Waals surface area contributed by atoms with Crippen molar-refractivity contribution in [3.8, 4) is 5.75 Å². The summed E-state index contributed by atoms with van der Waals surface area (Å²) in [5.41, 5.74) is -0.0358. The lowest BCUT2D eigenvalue weighted by molar-refractivity contribution is -0.145. The van der Waals surface area contributed by atoms with Crippen LogP contribution in [0.5, 0.6) is 5.75 Å². The summed E-state index contributed by atoms with van der Waals surface area (Å²) in [5, 5.41) is 9.77. The number of hydroxylamine groups is 1. The van der Waals surface area contributed by atoms with Gasteiger partial charge in [0.15, 0.2) is 6.61 Å². The van der Waals surface area contributed by atoms with E-state index in [0.29, 0.717) is 5.06 Å². The minimum absolute atomic E-state index is 0.0358. The molecule has 0 atom stereocenters. The number of hydrogen-bond donors (Lipinski definition) is 1. The Morgan fingerprint density at radius 1 is 1.53 bits per heavy atom. The van der Waals surface area contributed by atoms with E-state index >= 15 is 0 Å². The van der Waals surface area contributed by atoms with Crippen LogP contribution in [-0.4, -0.2) is 31.4 Å². The minimum atomic E-state index is -0.585. The monoisotopic (exact) mass is 243 g/mol. The summed E-state index contributed by atoms with van der Waals surface area (Å²) in [5.74, 6) is -0.815. The van der Waals surface area contributed by atoms with Gasteiger partial charge in [-0.05, 0) is 19.1 Å². The third-order valence-corrected chi connectivity index (χ3v) is 1.93. The Morgan fingerprint density at radius 3 is 2.82 bits per heavy atom. The molecule has 1 N–H and O–H groups in total. The number of nitrogens with zero attached hydrogens (tertiary/aromatic N) is 1. The molecule has 0 radical (unpaired) electrons. The van der Waals surface area contributed by atoms with Crippen molar-refractivity contribution in [1.82, 2.24) is 0 Å². The van der Waals surface area contributed by atoms with Gasteiger partial charge in [0.2, 0.25) is 0 Å². The van der Waals surface area contributed by atoms with Crippen LogP contribution in [-0.2, 0) is 9.53 Å². The molecule has 0 spiro atoms. The van der Waals surface area contributed by atoms with Crippen LogP contribution in [0.25, 0.3) is 0 Å². The molecule has 0 aliphatic carbocycles. The Labute approximate surface area is 98.3 Å². The van der Waals surface area contributed by atoms with Crippen LogP contribution in [0, 0.1) is 5.82 Å². The van der Waals surface area contributed by atoms with Crippen molar-refractivity contribution < 1.29 is 23.9 Å². The van der Waals surface area contributed by atoms with Gasteiger partial charge in [0.25, 0.3) is 0 Å². The van der Waals surface area contributed by atoms with E-state index in [4.69, 9.17) is 9.94 Å². The summed E-state index contributed by atoms with van der Waals surface area (Å²) in [4.78, 5) is 11.0. The minimum Gasteiger partial charge on any atom is -0.482 e.